The van der Waals surface area contributed by atoms with Gasteiger partial charge in [-0.25, -0.2) is 9.18 Å². The molecule has 1 aromatic carbocycles. The number of carbonyl (C=O) groups excluding carboxylic acids is 1. The van der Waals surface area contributed by atoms with Gasteiger partial charge in [0.1, 0.15) is 5.82 Å². The average Bonchev–Trinajstić information content (AvgIpc) is 2.24. The zero-order valence-corrected chi connectivity index (χ0v) is 10.2. The van der Waals surface area contributed by atoms with Crippen LogP contribution in [0.5, 0.6) is 0 Å². The van der Waals surface area contributed by atoms with Gasteiger partial charge < -0.3 is 10.2 Å². The van der Waals surface area contributed by atoms with E-state index in [0.717, 1.165) is 19.3 Å². The molecule has 0 radical (unpaired) electrons. The number of hydrogen-bond acceptors (Lipinski definition) is 1. The molecule has 0 aliphatic heterocycles. The first-order valence-electron chi connectivity index (χ1n) is 5.80. The molecule has 0 heterocycles. The molecule has 2 amide bonds. The second kappa shape index (κ2) is 4.35. The third kappa shape index (κ3) is 2.12. The van der Waals surface area contributed by atoms with Crippen LogP contribution in [-0.4, -0.2) is 25.0 Å². The van der Waals surface area contributed by atoms with Gasteiger partial charge in [-0.2, -0.15) is 0 Å². The largest absolute Gasteiger partial charge is 0.331 e. The van der Waals surface area contributed by atoms with Gasteiger partial charge in [0, 0.05) is 19.7 Å². The van der Waals surface area contributed by atoms with Crippen molar-refractivity contribution in [1.29, 1.82) is 0 Å². The summed E-state index contributed by atoms with van der Waals surface area (Å²) in [5, 5.41) is 2.93. The van der Waals surface area contributed by atoms with E-state index in [2.05, 4.69) is 5.32 Å². The maximum absolute atomic E-state index is 13.8. The van der Waals surface area contributed by atoms with Gasteiger partial charge in [0.15, 0.2) is 0 Å². The lowest BCUT2D eigenvalue weighted by molar-refractivity contribution is 0.158. The zero-order chi connectivity index (χ0) is 12.5. The first-order chi connectivity index (χ1) is 8.05. The molecular weight excluding hydrogens is 219 g/mol. The Balaban J connectivity index is 2.26. The molecule has 92 valence electrons. The molecule has 1 aliphatic carbocycles. The van der Waals surface area contributed by atoms with E-state index in [4.69, 9.17) is 0 Å². The summed E-state index contributed by atoms with van der Waals surface area (Å²) >= 11 is 0. The van der Waals surface area contributed by atoms with E-state index in [1.54, 1.807) is 32.3 Å². The normalized spacial score (nSPS) is 17.1. The number of rotatable bonds is 2. The number of urea groups is 1. The molecule has 0 spiro atoms. The Morgan fingerprint density at radius 3 is 2.47 bits per heavy atom. The number of nitrogens with zero attached hydrogens (tertiary/aromatic N) is 1. The molecule has 17 heavy (non-hydrogen) atoms. The van der Waals surface area contributed by atoms with E-state index in [-0.39, 0.29) is 11.8 Å². The summed E-state index contributed by atoms with van der Waals surface area (Å²) in [7, 11) is 3.37. The third-order valence-corrected chi connectivity index (χ3v) is 3.35. The summed E-state index contributed by atoms with van der Waals surface area (Å²) in [6.07, 6.45) is 2.61. The molecule has 0 aromatic heterocycles. The van der Waals surface area contributed by atoms with E-state index in [1.807, 2.05) is 0 Å². The summed E-state index contributed by atoms with van der Waals surface area (Å²) in [5.74, 6) is -0.244. The Morgan fingerprint density at radius 1 is 1.35 bits per heavy atom. The highest BCUT2D eigenvalue weighted by Gasteiger charge is 2.42. The molecule has 2 rings (SSSR count). The minimum absolute atomic E-state index is 0.173. The van der Waals surface area contributed by atoms with Crippen LogP contribution in [0.3, 0.4) is 0 Å². The van der Waals surface area contributed by atoms with Crippen molar-refractivity contribution in [2.75, 3.05) is 14.1 Å². The van der Waals surface area contributed by atoms with Crippen LogP contribution in [0.25, 0.3) is 0 Å². The molecule has 0 atom stereocenters. The Bertz CT molecular complexity index is 427. The fraction of sp³-hybridized carbons (Fsp3) is 0.462. The highest BCUT2D eigenvalue weighted by atomic mass is 19.1. The fourth-order valence-electron chi connectivity index (χ4n) is 2.16. The van der Waals surface area contributed by atoms with Crippen molar-refractivity contribution in [3.63, 3.8) is 0 Å². The quantitative estimate of drug-likeness (QED) is 0.840. The molecule has 0 unspecified atom stereocenters. The van der Waals surface area contributed by atoms with Crippen LogP contribution in [0, 0.1) is 5.82 Å². The summed E-state index contributed by atoms with van der Waals surface area (Å²) in [4.78, 5) is 13.2. The minimum Gasteiger partial charge on any atom is -0.331 e. The molecule has 1 fully saturated rings. The molecule has 1 aromatic rings. The number of halogens is 1. The minimum atomic E-state index is -0.507. The van der Waals surface area contributed by atoms with Crippen LogP contribution < -0.4 is 5.32 Å². The molecule has 0 bridgehead atoms. The Kier molecular flexibility index (Phi) is 3.05. The predicted octanol–water partition coefficient (Wildman–Crippen LogP) is 2.48. The average molecular weight is 236 g/mol. The van der Waals surface area contributed by atoms with Crippen LogP contribution in [0.1, 0.15) is 24.8 Å². The van der Waals surface area contributed by atoms with Crippen molar-refractivity contribution in [1.82, 2.24) is 10.2 Å². The predicted molar refractivity (Wildman–Crippen MR) is 64.1 cm³/mol. The lowest BCUT2D eigenvalue weighted by atomic mass is 9.71. The van der Waals surface area contributed by atoms with E-state index in [0.29, 0.717) is 5.56 Å². The summed E-state index contributed by atoms with van der Waals surface area (Å²) in [6, 6.07) is 6.49. The molecule has 1 aliphatic rings. The first kappa shape index (κ1) is 11.9. The summed E-state index contributed by atoms with van der Waals surface area (Å²) < 4.78 is 13.8. The second-order valence-corrected chi connectivity index (χ2v) is 4.74. The van der Waals surface area contributed by atoms with E-state index in [1.165, 1.54) is 11.0 Å². The number of carbonyl (C=O) groups is 1. The number of benzene rings is 1. The maximum atomic E-state index is 13.8. The number of nitrogens with one attached hydrogen (secondary N) is 1. The molecule has 4 heteroatoms. The van der Waals surface area contributed by atoms with Gasteiger partial charge in [-0.15, -0.1) is 0 Å². The first-order valence-corrected chi connectivity index (χ1v) is 5.80. The summed E-state index contributed by atoms with van der Waals surface area (Å²) in [5.41, 5.74) is 0.0913. The van der Waals surface area contributed by atoms with Crippen molar-refractivity contribution >= 4 is 6.03 Å². The SMILES string of the molecule is CN(C)C(=O)NC1(c2ccccc2F)CCC1. The van der Waals surface area contributed by atoms with Gasteiger partial charge >= 0.3 is 6.03 Å². The van der Waals surface area contributed by atoms with Gasteiger partial charge in [0.25, 0.3) is 0 Å². The fourth-order valence-corrected chi connectivity index (χ4v) is 2.16. The topological polar surface area (TPSA) is 32.3 Å². The lowest BCUT2D eigenvalue weighted by Gasteiger charge is -2.43. The summed E-state index contributed by atoms with van der Waals surface area (Å²) in [6.45, 7) is 0. The van der Waals surface area contributed by atoms with Crippen molar-refractivity contribution in [2.24, 2.45) is 0 Å². The van der Waals surface area contributed by atoms with Gasteiger partial charge in [0.05, 0.1) is 5.54 Å². The van der Waals surface area contributed by atoms with Gasteiger partial charge in [-0.3, -0.25) is 0 Å². The molecule has 1 N–H and O–H groups in total. The maximum Gasteiger partial charge on any atom is 0.317 e. The van der Waals surface area contributed by atoms with E-state index in [9.17, 15) is 9.18 Å². The molecule has 1 saturated carbocycles. The van der Waals surface area contributed by atoms with Crippen LogP contribution in [0.15, 0.2) is 24.3 Å². The van der Waals surface area contributed by atoms with Crippen molar-refractivity contribution < 1.29 is 9.18 Å². The molecular formula is C13H17FN2O. The Morgan fingerprint density at radius 2 is 2.00 bits per heavy atom. The van der Waals surface area contributed by atoms with Crippen LogP contribution in [0.2, 0.25) is 0 Å². The van der Waals surface area contributed by atoms with Crippen LogP contribution >= 0.6 is 0 Å². The number of hydrogen-bond donors (Lipinski definition) is 1. The van der Waals surface area contributed by atoms with Crippen LogP contribution in [-0.2, 0) is 5.54 Å². The Hall–Kier alpha value is -1.58. The van der Waals surface area contributed by atoms with Crippen molar-refractivity contribution in [2.45, 2.75) is 24.8 Å². The van der Waals surface area contributed by atoms with Gasteiger partial charge in [-0.1, -0.05) is 18.2 Å². The Labute approximate surface area is 101 Å². The smallest absolute Gasteiger partial charge is 0.317 e. The van der Waals surface area contributed by atoms with Crippen molar-refractivity contribution in [3.05, 3.63) is 35.6 Å². The standard InChI is InChI=1S/C13H17FN2O/c1-16(2)12(17)15-13(8-5-9-13)10-6-3-4-7-11(10)14/h3-4,6-7H,5,8-9H2,1-2H3,(H,15,17). The highest BCUT2D eigenvalue weighted by molar-refractivity contribution is 5.75. The van der Waals surface area contributed by atoms with E-state index >= 15 is 0 Å². The van der Waals surface area contributed by atoms with Crippen LogP contribution in [0.4, 0.5) is 9.18 Å². The zero-order valence-electron chi connectivity index (χ0n) is 10.2. The van der Waals surface area contributed by atoms with Gasteiger partial charge in [0.2, 0.25) is 0 Å². The van der Waals surface area contributed by atoms with Crippen molar-refractivity contribution in [3.8, 4) is 0 Å². The van der Waals surface area contributed by atoms with E-state index < -0.39 is 5.54 Å². The highest BCUT2D eigenvalue weighted by Crippen LogP contribution is 2.42. The monoisotopic (exact) mass is 236 g/mol. The second-order valence-electron chi connectivity index (χ2n) is 4.74. The third-order valence-electron chi connectivity index (χ3n) is 3.35. The lowest BCUT2D eigenvalue weighted by Crippen LogP contribution is -2.54. The van der Waals surface area contributed by atoms with Gasteiger partial charge in [-0.05, 0) is 25.3 Å². The number of amides is 2. The molecule has 0 saturated heterocycles. The molecule has 3 nitrogen and oxygen atoms in total.